The van der Waals surface area contributed by atoms with Crippen LogP contribution < -0.4 is 10.1 Å². The number of carbonyl (C=O) groups is 2. The van der Waals surface area contributed by atoms with E-state index in [9.17, 15) is 9.59 Å². The van der Waals surface area contributed by atoms with Crippen LogP contribution in [0.1, 0.15) is 69.8 Å². The number of amides is 1. The maximum atomic E-state index is 12.6. The topological polar surface area (TPSA) is 64.6 Å². The molecule has 2 rings (SSSR count). The highest BCUT2D eigenvalue weighted by Gasteiger charge is 2.20. The smallest absolute Gasteiger partial charge is 0.338 e. The van der Waals surface area contributed by atoms with Crippen LogP contribution in [0.25, 0.3) is 0 Å². The molecular formula is C25H33NO4. The van der Waals surface area contributed by atoms with E-state index in [-0.39, 0.29) is 17.3 Å². The highest BCUT2D eigenvalue weighted by atomic mass is 16.5. The van der Waals surface area contributed by atoms with Gasteiger partial charge in [-0.15, -0.1) is 0 Å². The molecule has 1 N–H and O–H groups in total. The number of unbranched alkanes of at least 4 members (excludes halogenated alkanes) is 1. The predicted octanol–water partition coefficient (Wildman–Crippen LogP) is 5.74. The van der Waals surface area contributed by atoms with Crippen molar-refractivity contribution >= 4 is 17.6 Å². The van der Waals surface area contributed by atoms with Crippen molar-refractivity contribution in [3.63, 3.8) is 0 Å². The molecule has 5 nitrogen and oxygen atoms in total. The molecule has 0 heterocycles. The van der Waals surface area contributed by atoms with Crippen molar-refractivity contribution in [2.75, 3.05) is 11.9 Å². The molecule has 0 unspecified atom stereocenters. The quantitative estimate of drug-likeness (QED) is 0.422. The number of hydrogen-bond donors (Lipinski definition) is 1. The van der Waals surface area contributed by atoms with E-state index >= 15 is 0 Å². The molecule has 0 bridgehead atoms. The Hall–Kier alpha value is -2.82. The molecule has 1 amide bonds. The molecular weight excluding hydrogens is 378 g/mol. The minimum atomic E-state index is -0.607. The Labute approximate surface area is 179 Å². The summed E-state index contributed by atoms with van der Waals surface area (Å²) in [6.45, 7) is 10.8. The van der Waals surface area contributed by atoms with Gasteiger partial charge in [-0.25, -0.2) is 4.79 Å². The number of benzene rings is 2. The summed E-state index contributed by atoms with van der Waals surface area (Å²) in [5.74, 6) is 0.0839. The number of esters is 1. The minimum Gasteiger partial charge on any atom is -0.481 e. The summed E-state index contributed by atoms with van der Waals surface area (Å²) in [5.41, 5.74) is 2.34. The van der Waals surface area contributed by atoms with Gasteiger partial charge in [-0.1, -0.05) is 53.2 Å². The fourth-order valence-corrected chi connectivity index (χ4v) is 2.82. The van der Waals surface area contributed by atoms with E-state index in [2.05, 4.69) is 26.1 Å². The highest BCUT2D eigenvalue weighted by molar-refractivity contribution is 5.95. The second-order valence-corrected chi connectivity index (χ2v) is 8.35. The standard InChI is InChI=1S/C25H33NO4/c1-6-8-17-29-24(28)18-9-13-20(14-10-18)26-23(27)22(7-2)30-21-15-11-19(12-16-21)25(3,4)5/h9-16,22H,6-8,17H2,1-5H3,(H,26,27)/t22-/m0/s1. The van der Waals surface area contributed by atoms with Crippen molar-refractivity contribution in [2.24, 2.45) is 0 Å². The van der Waals surface area contributed by atoms with Gasteiger partial charge in [0.05, 0.1) is 12.2 Å². The number of nitrogens with one attached hydrogen (secondary N) is 1. The molecule has 0 fully saturated rings. The van der Waals surface area contributed by atoms with E-state index in [0.717, 1.165) is 12.8 Å². The number of rotatable bonds is 9. The molecule has 0 aliphatic heterocycles. The van der Waals surface area contributed by atoms with Gasteiger partial charge in [-0.2, -0.15) is 0 Å². The third kappa shape index (κ3) is 6.90. The molecule has 0 saturated carbocycles. The maximum absolute atomic E-state index is 12.6. The van der Waals surface area contributed by atoms with Crippen LogP contribution in [0.3, 0.4) is 0 Å². The van der Waals surface area contributed by atoms with Gasteiger partial charge in [0, 0.05) is 5.69 Å². The second-order valence-electron chi connectivity index (χ2n) is 8.35. The van der Waals surface area contributed by atoms with Crippen LogP contribution >= 0.6 is 0 Å². The molecule has 0 aliphatic carbocycles. The first kappa shape index (κ1) is 23.5. The number of hydrogen-bond acceptors (Lipinski definition) is 4. The van der Waals surface area contributed by atoms with Crippen LogP contribution in [-0.4, -0.2) is 24.6 Å². The zero-order valence-electron chi connectivity index (χ0n) is 18.7. The minimum absolute atomic E-state index is 0.0641. The molecule has 30 heavy (non-hydrogen) atoms. The summed E-state index contributed by atoms with van der Waals surface area (Å²) in [4.78, 5) is 24.6. The van der Waals surface area contributed by atoms with Gasteiger partial charge < -0.3 is 14.8 Å². The summed E-state index contributed by atoms with van der Waals surface area (Å²) >= 11 is 0. The maximum Gasteiger partial charge on any atom is 0.338 e. The van der Waals surface area contributed by atoms with Gasteiger partial charge in [-0.3, -0.25) is 4.79 Å². The number of anilines is 1. The van der Waals surface area contributed by atoms with Crippen LogP contribution in [0.15, 0.2) is 48.5 Å². The zero-order chi connectivity index (χ0) is 22.1. The first-order valence-corrected chi connectivity index (χ1v) is 10.6. The SMILES string of the molecule is CCCCOC(=O)c1ccc(NC(=O)[C@H](CC)Oc2ccc(C(C)(C)C)cc2)cc1. The molecule has 2 aromatic carbocycles. The Kier molecular flexibility index (Phi) is 8.46. The average molecular weight is 412 g/mol. The van der Waals surface area contributed by atoms with Crippen LogP contribution in [0.2, 0.25) is 0 Å². The normalized spacial score (nSPS) is 12.2. The molecule has 0 saturated heterocycles. The third-order valence-corrected chi connectivity index (χ3v) is 4.78. The van der Waals surface area contributed by atoms with Crippen molar-refractivity contribution in [3.8, 4) is 5.75 Å². The number of ether oxygens (including phenoxy) is 2. The molecule has 162 valence electrons. The van der Waals surface area contributed by atoms with Crippen molar-refractivity contribution in [3.05, 3.63) is 59.7 Å². The van der Waals surface area contributed by atoms with Crippen molar-refractivity contribution in [2.45, 2.75) is 65.4 Å². The Morgan fingerprint density at radius 2 is 1.60 bits per heavy atom. The monoisotopic (exact) mass is 411 g/mol. The summed E-state index contributed by atoms with van der Waals surface area (Å²) in [7, 11) is 0. The van der Waals surface area contributed by atoms with E-state index in [4.69, 9.17) is 9.47 Å². The molecule has 0 radical (unpaired) electrons. The summed E-state index contributed by atoms with van der Waals surface area (Å²) < 4.78 is 11.1. The van der Waals surface area contributed by atoms with E-state index in [1.165, 1.54) is 5.56 Å². The largest absolute Gasteiger partial charge is 0.481 e. The Morgan fingerprint density at radius 3 is 2.13 bits per heavy atom. The second kappa shape index (κ2) is 10.8. The van der Waals surface area contributed by atoms with Crippen molar-refractivity contribution in [1.29, 1.82) is 0 Å². The lowest BCUT2D eigenvalue weighted by molar-refractivity contribution is -0.122. The van der Waals surface area contributed by atoms with Gasteiger partial charge in [0.2, 0.25) is 0 Å². The van der Waals surface area contributed by atoms with Crippen molar-refractivity contribution in [1.82, 2.24) is 0 Å². The predicted molar refractivity (Wildman–Crippen MR) is 120 cm³/mol. The lowest BCUT2D eigenvalue weighted by atomic mass is 9.87. The molecule has 1 atom stereocenters. The highest BCUT2D eigenvalue weighted by Crippen LogP contribution is 2.25. The van der Waals surface area contributed by atoms with Gasteiger partial charge in [0.15, 0.2) is 6.10 Å². The summed E-state index contributed by atoms with van der Waals surface area (Å²) in [6, 6.07) is 14.5. The van der Waals surface area contributed by atoms with Gasteiger partial charge in [-0.05, 0) is 60.2 Å². The summed E-state index contributed by atoms with van der Waals surface area (Å²) in [6.07, 6.45) is 1.75. The Balaban J connectivity index is 1.95. The van der Waals surface area contributed by atoms with E-state index in [0.29, 0.717) is 30.0 Å². The Morgan fingerprint density at radius 1 is 0.967 bits per heavy atom. The van der Waals surface area contributed by atoms with Crippen LogP contribution in [0.5, 0.6) is 5.75 Å². The van der Waals surface area contributed by atoms with E-state index in [1.807, 2.05) is 38.1 Å². The number of carbonyl (C=O) groups excluding carboxylic acids is 2. The molecule has 2 aromatic rings. The molecule has 5 heteroatoms. The van der Waals surface area contributed by atoms with Crippen LogP contribution in [0, 0.1) is 0 Å². The van der Waals surface area contributed by atoms with Gasteiger partial charge in [0.25, 0.3) is 5.91 Å². The fraction of sp³-hybridized carbons (Fsp3) is 0.440. The molecule has 0 aliphatic rings. The lowest BCUT2D eigenvalue weighted by Crippen LogP contribution is -2.32. The molecule has 0 spiro atoms. The van der Waals surface area contributed by atoms with Gasteiger partial charge in [0.1, 0.15) is 5.75 Å². The first-order valence-electron chi connectivity index (χ1n) is 10.6. The van der Waals surface area contributed by atoms with Crippen LogP contribution in [0.4, 0.5) is 5.69 Å². The Bertz CT molecular complexity index is 820. The first-order chi connectivity index (χ1) is 14.2. The van der Waals surface area contributed by atoms with E-state index < -0.39 is 6.10 Å². The summed E-state index contributed by atoms with van der Waals surface area (Å²) in [5, 5.41) is 2.85. The third-order valence-electron chi connectivity index (χ3n) is 4.78. The zero-order valence-corrected chi connectivity index (χ0v) is 18.7. The fourth-order valence-electron chi connectivity index (χ4n) is 2.82. The van der Waals surface area contributed by atoms with Crippen LogP contribution in [-0.2, 0) is 14.9 Å². The average Bonchev–Trinajstić information content (AvgIpc) is 2.72. The molecule has 0 aromatic heterocycles. The van der Waals surface area contributed by atoms with Crippen molar-refractivity contribution < 1.29 is 19.1 Å². The lowest BCUT2D eigenvalue weighted by Gasteiger charge is -2.21. The van der Waals surface area contributed by atoms with Gasteiger partial charge >= 0.3 is 5.97 Å². The van der Waals surface area contributed by atoms with E-state index in [1.54, 1.807) is 24.3 Å².